The number of nitrogens with one attached hydrogen (secondary N) is 1. The number of hydrogen-bond donors (Lipinski definition) is 1. The first kappa shape index (κ1) is 15.2. The van der Waals surface area contributed by atoms with Gasteiger partial charge < -0.3 is 5.32 Å². The van der Waals surface area contributed by atoms with Gasteiger partial charge in [-0.1, -0.05) is 27.5 Å². The lowest BCUT2D eigenvalue weighted by atomic mass is 10.2. The van der Waals surface area contributed by atoms with Crippen molar-refractivity contribution in [2.24, 2.45) is 0 Å². The molecule has 0 unspecified atom stereocenters. The number of carbonyl (C=O) groups excluding carboxylic acids is 1. The fraction of sp³-hybridized carbons (Fsp3) is 0.462. The average Bonchev–Trinajstić information content (AvgIpc) is 2.42. The largest absolute Gasteiger partial charge is 0.351 e. The highest BCUT2D eigenvalue weighted by Gasteiger charge is 2.12. The van der Waals surface area contributed by atoms with Gasteiger partial charge in [-0.3, -0.25) is 9.69 Å². The van der Waals surface area contributed by atoms with Crippen LogP contribution in [0.4, 0.5) is 0 Å². The summed E-state index contributed by atoms with van der Waals surface area (Å²) in [6.45, 7) is 3.78. The fourth-order valence-electron chi connectivity index (χ4n) is 1.92. The molecular formula is C13H16BrClN2OS. The van der Waals surface area contributed by atoms with Crippen LogP contribution in [0.1, 0.15) is 10.4 Å². The smallest absolute Gasteiger partial charge is 0.252 e. The first-order chi connectivity index (χ1) is 9.16. The van der Waals surface area contributed by atoms with Crippen molar-refractivity contribution in [3.63, 3.8) is 0 Å². The predicted molar refractivity (Wildman–Crippen MR) is 85.3 cm³/mol. The molecule has 104 valence electrons. The second kappa shape index (κ2) is 7.53. The Morgan fingerprint density at radius 1 is 1.42 bits per heavy atom. The molecular weight excluding hydrogens is 348 g/mol. The van der Waals surface area contributed by atoms with Crippen molar-refractivity contribution in [1.82, 2.24) is 10.2 Å². The molecule has 0 atom stereocenters. The van der Waals surface area contributed by atoms with Gasteiger partial charge in [-0.25, -0.2) is 0 Å². The summed E-state index contributed by atoms with van der Waals surface area (Å²) < 4.78 is 0.857. The van der Waals surface area contributed by atoms with Crippen LogP contribution in [0.15, 0.2) is 22.7 Å². The number of amides is 1. The van der Waals surface area contributed by atoms with Crippen molar-refractivity contribution in [2.45, 2.75) is 0 Å². The van der Waals surface area contributed by atoms with E-state index in [0.717, 1.165) is 24.1 Å². The summed E-state index contributed by atoms with van der Waals surface area (Å²) in [4.78, 5) is 14.4. The maximum atomic E-state index is 12.0. The van der Waals surface area contributed by atoms with Gasteiger partial charge in [0.05, 0.1) is 10.6 Å². The van der Waals surface area contributed by atoms with Gasteiger partial charge in [0.25, 0.3) is 5.91 Å². The Balaban J connectivity index is 1.82. The third kappa shape index (κ3) is 4.67. The van der Waals surface area contributed by atoms with E-state index < -0.39 is 0 Å². The minimum absolute atomic E-state index is 0.113. The van der Waals surface area contributed by atoms with Crippen molar-refractivity contribution >= 4 is 45.2 Å². The lowest BCUT2D eigenvalue weighted by Gasteiger charge is -2.26. The number of benzene rings is 1. The van der Waals surface area contributed by atoms with Crippen LogP contribution >= 0.6 is 39.3 Å². The SMILES string of the molecule is O=C(NCCN1CCSCC1)c1cc(Br)ccc1Cl. The zero-order valence-electron chi connectivity index (χ0n) is 10.5. The van der Waals surface area contributed by atoms with E-state index >= 15 is 0 Å². The monoisotopic (exact) mass is 362 g/mol. The number of carbonyl (C=O) groups is 1. The van der Waals surface area contributed by atoms with Crippen molar-refractivity contribution in [3.05, 3.63) is 33.3 Å². The standard InChI is InChI=1S/C13H16BrClN2OS/c14-10-1-2-12(15)11(9-10)13(18)16-3-4-17-5-7-19-8-6-17/h1-2,9H,3-8H2,(H,16,18). The number of thioether (sulfide) groups is 1. The molecule has 1 aliphatic heterocycles. The summed E-state index contributed by atoms with van der Waals surface area (Å²) in [6.07, 6.45) is 0. The predicted octanol–water partition coefficient (Wildman–Crippen LogP) is 2.88. The summed E-state index contributed by atoms with van der Waals surface area (Å²) >= 11 is 11.4. The first-order valence-electron chi connectivity index (χ1n) is 6.20. The van der Waals surface area contributed by atoms with Crippen LogP contribution in [0, 0.1) is 0 Å². The highest BCUT2D eigenvalue weighted by atomic mass is 79.9. The Morgan fingerprint density at radius 2 is 2.16 bits per heavy atom. The van der Waals surface area contributed by atoms with Gasteiger partial charge in [0.1, 0.15) is 0 Å². The zero-order chi connectivity index (χ0) is 13.7. The summed E-state index contributed by atoms with van der Waals surface area (Å²) in [5.74, 6) is 2.26. The van der Waals surface area contributed by atoms with E-state index in [0.29, 0.717) is 17.1 Å². The van der Waals surface area contributed by atoms with Crippen LogP contribution in [0.5, 0.6) is 0 Å². The molecule has 0 bridgehead atoms. The fourth-order valence-corrected chi connectivity index (χ4v) is 3.46. The molecule has 1 amide bonds. The summed E-state index contributed by atoms with van der Waals surface area (Å²) in [5, 5.41) is 3.40. The lowest BCUT2D eigenvalue weighted by molar-refractivity contribution is 0.0949. The average molecular weight is 364 g/mol. The van der Waals surface area contributed by atoms with E-state index in [1.807, 2.05) is 17.8 Å². The highest BCUT2D eigenvalue weighted by Crippen LogP contribution is 2.20. The lowest BCUT2D eigenvalue weighted by Crippen LogP contribution is -2.39. The van der Waals surface area contributed by atoms with Crippen LogP contribution in [0.25, 0.3) is 0 Å². The van der Waals surface area contributed by atoms with Crippen molar-refractivity contribution in [2.75, 3.05) is 37.7 Å². The maximum Gasteiger partial charge on any atom is 0.252 e. The normalized spacial score (nSPS) is 16.3. The molecule has 1 heterocycles. The molecule has 2 rings (SSSR count). The third-order valence-corrected chi connectivity index (χ3v) is 4.76. The molecule has 3 nitrogen and oxygen atoms in total. The highest BCUT2D eigenvalue weighted by molar-refractivity contribution is 9.10. The van der Waals surface area contributed by atoms with Gasteiger partial charge in [0, 0.05) is 42.2 Å². The molecule has 0 radical (unpaired) electrons. The molecule has 1 N–H and O–H groups in total. The van der Waals surface area contributed by atoms with E-state index in [9.17, 15) is 4.79 Å². The van der Waals surface area contributed by atoms with Crippen molar-refractivity contribution in [1.29, 1.82) is 0 Å². The van der Waals surface area contributed by atoms with Crippen molar-refractivity contribution in [3.8, 4) is 0 Å². The quantitative estimate of drug-likeness (QED) is 0.893. The minimum Gasteiger partial charge on any atom is -0.351 e. The number of nitrogens with zero attached hydrogens (tertiary/aromatic N) is 1. The summed E-state index contributed by atoms with van der Waals surface area (Å²) in [7, 11) is 0. The molecule has 1 aromatic carbocycles. The summed E-state index contributed by atoms with van der Waals surface area (Å²) in [6, 6.07) is 5.29. The molecule has 1 aromatic rings. The number of rotatable bonds is 4. The molecule has 0 saturated carbocycles. The van der Waals surface area contributed by atoms with E-state index in [1.165, 1.54) is 11.5 Å². The first-order valence-corrected chi connectivity index (χ1v) is 8.53. The molecule has 1 saturated heterocycles. The van der Waals surface area contributed by atoms with Gasteiger partial charge >= 0.3 is 0 Å². The molecule has 1 aliphatic rings. The molecule has 0 aliphatic carbocycles. The molecule has 1 fully saturated rings. The number of halogens is 2. The van der Waals surface area contributed by atoms with Gasteiger partial charge in [-0.2, -0.15) is 11.8 Å². The van der Waals surface area contributed by atoms with E-state index in [4.69, 9.17) is 11.6 Å². The van der Waals surface area contributed by atoms with Gasteiger partial charge in [-0.15, -0.1) is 0 Å². The Labute approximate surface area is 131 Å². The topological polar surface area (TPSA) is 32.3 Å². The Kier molecular flexibility index (Phi) is 6.01. The molecule has 6 heteroatoms. The van der Waals surface area contributed by atoms with E-state index in [-0.39, 0.29) is 5.91 Å². The van der Waals surface area contributed by atoms with Crippen LogP contribution in [0.2, 0.25) is 5.02 Å². The van der Waals surface area contributed by atoms with E-state index in [2.05, 4.69) is 26.1 Å². The zero-order valence-corrected chi connectivity index (χ0v) is 13.7. The van der Waals surface area contributed by atoms with Gasteiger partial charge in [0.15, 0.2) is 0 Å². The van der Waals surface area contributed by atoms with Crippen LogP contribution < -0.4 is 5.32 Å². The second-order valence-corrected chi connectivity index (χ2v) is 6.88. The maximum absolute atomic E-state index is 12.0. The summed E-state index contributed by atoms with van der Waals surface area (Å²) in [5.41, 5.74) is 0.519. The Bertz CT molecular complexity index is 452. The van der Waals surface area contributed by atoms with Gasteiger partial charge in [-0.05, 0) is 18.2 Å². The van der Waals surface area contributed by atoms with E-state index in [1.54, 1.807) is 12.1 Å². The Morgan fingerprint density at radius 3 is 2.89 bits per heavy atom. The molecule has 0 spiro atoms. The van der Waals surface area contributed by atoms with Crippen LogP contribution in [0.3, 0.4) is 0 Å². The van der Waals surface area contributed by atoms with Crippen LogP contribution in [-0.2, 0) is 0 Å². The van der Waals surface area contributed by atoms with Crippen LogP contribution in [-0.4, -0.2) is 48.5 Å². The molecule has 0 aromatic heterocycles. The molecule has 19 heavy (non-hydrogen) atoms. The number of hydrogen-bond acceptors (Lipinski definition) is 3. The second-order valence-electron chi connectivity index (χ2n) is 4.33. The van der Waals surface area contributed by atoms with Crippen molar-refractivity contribution < 1.29 is 4.79 Å². The third-order valence-electron chi connectivity index (χ3n) is 2.99. The van der Waals surface area contributed by atoms with Gasteiger partial charge in [0.2, 0.25) is 0 Å². The Hall–Kier alpha value is -0.230. The minimum atomic E-state index is -0.113.